The Morgan fingerprint density at radius 1 is 0.931 bits per heavy atom. The predicted octanol–water partition coefficient (Wildman–Crippen LogP) is 5.63. The normalized spacial score (nSPS) is 10.3. The number of amides is 1. The topological polar surface area (TPSA) is 77.5 Å². The summed E-state index contributed by atoms with van der Waals surface area (Å²) in [5, 5.41) is 2.56. The van der Waals surface area contributed by atoms with Gasteiger partial charge in [0.05, 0.1) is 20.8 Å². The first-order valence-electron chi connectivity index (χ1n) is 8.24. The number of rotatable bonds is 6. The summed E-state index contributed by atoms with van der Waals surface area (Å²) in [4.78, 5) is 28.1. The highest BCUT2D eigenvalue weighted by atomic mass is 35.5. The number of esters is 1. The van der Waals surface area contributed by atoms with Crippen molar-refractivity contribution in [3.63, 3.8) is 0 Å². The third-order valence-corrected chi connectivity index (χ3v) is 4.82. The van der Waals surface area contributed by atoms with E-state index in [1.54, 1.807) is 36.4 Å². The lowest BCUT2D eigenvalue weighted by Gasteiger charge is -2.12. The van der Waals surface area contributed by atoms with E-state index in [1.165, 1.54) is 6.20 Å². The molecule has 6 nitrogen and oxygen atoms in total. The maximum atomic E-state index is 12.2. The van der Waals surface area contributed by atoms with Crippen LogP contribution < -0.4 is 10.1 Å². The van der Waals surface area contributed by atoms with Crippen LogP contribution in [0.15, 0.2) is 60.8 Å². The minimum Gasteiger partial charge on any atom is -0.455 e. The van der Waals surface area contributed by atoms with Gasteiger partial charge in [-0.15, -0.1) is 0 Å². The lowest BCUT2D eigenvalue weighted by atomic mass is 10.3. The highest BCUT2D eigenvalue weighted by Gasteiger charge is 2.19. The van der Waals surface area contributed by atoms with Crippen LogP contribution in [-0.2, 0) is 9.53 Å². The van der Waals surface area contributed by atoms with Gasteiger partial charge in [-0.3, -0.25) is 4.79 Å². The number of nitrogens with one attached hydrogen (secondary N) is 1. The first kappa shape index (κ1) is 20.9. The predicted molar refractivity (Wildman–Crippen MR) is 111 cm³/mol. The smallest absolute Gasteiger partial charge is 0.359 e. The van der Waals surface area contributed by atoms with Gasteiger partial charge in [0, 0.05) is 6.20 Å². The second-order valence-electron chi connectivity index (χ2n) is 5.62. The summed E-state index contributed by atoms with van der Waals surface area (Å²) in [5.41, 5.74) is 0.185. The lowest BCUT2D eigenvalue weighted by molar-refractivity contribution is -0.119. The van der Waals surface area contributed by atoms with Gasteiger partial charge >= 0.3 is 5.97 Å². The summed E-state index contributed by atoms with van der Waals surface area (Å²) in [7, 11) is 0. The summed E-state index contributed by atoms with van der Waals surface area (Å²) >= 11 is 17.6. The van der Waals surface area contributed by atoms with Gasteiger partial charge in [-0.2, -0.15) is 0 Å². The third-order valence-electron chi connectivity index (χ3n) is 3.58. The zero-order valence-electron chi connectivity index (χ0n) is 14.7. The molecule has 0 fully saturated rings. The summed E-state index contributed by atoms with van der Waals surface area (Å²) < 4.78 is 10.7. The molecule has 0 unspecified atom stereocenters. The van der Waals surface area contributed by atoms with Crippen molar-refractivity contribution in [1.82, 2.24) is 4.98 Å². The van der Waals surface area contributed by atoms with Gasteiger partial charge < -0.3 is 14.8 Å². The van der Waals surface area contributed by atoms with Crippen LogP contribution in [-0.4, -0.2) is 23.5 Å². The van der Waals surface area contributed by atoms with Crippen LogP contribution in [0.2, 0.25) is 15.1 Å². The number of ether oxygens (including phenoxy) is 2. The first-order chi connectivity index (χ1) is 14.0. The number of anilines is 1. The highest BCUT2D eigenvalue weighted by molar-refractivity contribution is 6.48. The van der Waals surface area contributed by atoms with E-state index in [0.29, 0.717) is 17.2 Å². The van der Waals surface area contributed by atoms with Crippen LogP contribution in [0.1, 0.15) is 10.5 Å². The Bertz CT molecular complexity index is 1050. The van der Waals surface area contributed by atoms with Crippen molar-refractivity contribution in [2.75, 3.05) is 11.9 Å². The van der Waals surface area contributed by atoms with E-state index in [2.05, 4.69) is 10.3 Å². The molecule has 0 aliphatic carbocycles. The number of carbonyl (C=O) groups is 2. The summed E-state index contributed by atoms with van der Waals surface area (Å²) in [6.45, 7) is -0.559. The standard InChI is InChI=1S/C20H13Cl3N2O4/c21-13-10-24-19(18(23)17(13)22)20(27)28-11-16(26)25-14-8-4-5-9-15(14)29-12-6-2-1-3-7-12/h1-10H,11H2,(H,25,26). The molecule has 0 saturated heterocycles. The van der Waals surface area contributed by atoms with Crippen LogP contribution >= 0.6 is 34.8 Å². The first-order valence-corrected chi connectivity index (χ1v) is 9.37. The molecule has 0 aliphatic heterocycles. The molecule has 148 valence electrons. The molecule has 1 aromatic heterocycles. The van der Waals surface area contributed by atoms with Crippen LogP contribution in [0.25, 0.3) is 0 Å². The number of halogens is 3. The monoisotopic (exact) mass is 450 g/mol. The van der Waals surface area contributed by atoms with Gasteiger partial charge in [-0.05, 0) is 24.3 Å². The van der Waals surface area contributed by atoms with Gasteiger partial charge in [-0.1, -0.05) is 65.1 Å². The summed E-state index contributed by atoms with van der Waals surface area (Å²) in [6.07, 6.45) is 1.17. The number of para-hydroxylation sites is 3. The Morgan fingerprint density at radius 2 is 1.62 bits per heavy atom. The van der Waals surface area contributed by atoms with Crippen LogP contribution in [0.3, 0.4) is 0 Å². The number of hydrogen-bond donors (Lipinski definition) is 1. The maximum Gasteiger partial charge on any atom is 0.359 e. The largest absolute Gasteiger partial charge is 0.455 e. The molecule has 0 saturated carbocycles. The minimum absolute atomic E-state index is 0.0216. The molecule has 0 aliphatic rings. The van der Waals surface area contributed by atoms with Crippen molar-refractivity contribution >= 4 is 52.4 Å². The molecule has 3 rings (SSSR count). The molecule has 29 heavy (non-hydrogen) atoms. The molecule has 3 aromatic rings. The van der Waals surface area contributed by atoms with Crippen molar-refractivity contribution in [2.24, 2.45) is 0 Å². The Morgan fingerprint density at radius 3 is 2.38 bits per heavy atom. The number of nitrogens with zero attached hydrogens (tertiary/aromatic N) is 1. The second kappa shape index (κ2) is 9.60. The highest BCUT2D eigenvalue weighted by Crippen LogP contribution is 2.31. The van der Waals surface area contributed by atoms with Gasteiger partial charge in [0.1, 0.15) is 5.75 Å². The van der Waals surface area contributed by atoms with Crippen molar-refractivity contribution in [3.8, 4) is 11.5 Å². The van der Waals surface area contributed by atoms with Crippen LogP contribution in [0.4, 0.5) is 5.69 Å². The van der Waals surface area contributed by atoms with E-state index in [9.17, 15) is 9.59 Å². The van der Waals surface area contributed by atoms with E-state index < -0.39 is 18.5 Å². The number of carbonyl (C=O) groups excluding carboxylic acids is 2. The fourth-order valence-electron chi connectivity index (χ4n) is 2.25. The molecule has 0 radical (unpaired) electrons. The number of pyridine rings is 1. The van der Waals surface area contributed by atoms with E-state index in [1.807, 2.05) is 18.2 Å². The number of benzene rings is 2. The molecule has 2 aromatic carbocycles. The quantitative estimate of drug-likeness (QED) is 0.491. The van der Waals surface area contributed by atoms with E-state index >= 15 is 0 Å². The third kappa shape index (κ3) is 5.38. The fraction of sp³-hybridized carbons (Fsp3) is 0.0500. The summed E-state index contributed by atoms with van der Waals surface area (Å²) in [6, 6.07) is 16.0. The van der Waals surface area contributed by atoms with E-state index in [4.69, 9.17) is 44.3 Å². The Balaban J connectivity index is 1.63. The molecule has 0 atom stereocenters. The van der Waals surface area contributed by atoms with Gasteiger partial charge in [0.2, 0.25) is 0 Å². The van der Waals surface area contributed by atoms with E-state index in [0.717, 1.165) is 0 Å². The van der Waals surface area contributed by atoms with Crippen molar-refractivity contribution in [2.45, 2.75) is 0 Å². The number of hydrogen-bond acceptors (Lipinski definition) is 5. The molecule has 0 bridgehead atoms. The second-order valence-corrected chi connectivity index (χ2v) is 6.78. The Hall–Kier alpha value is -2.80. The fourth-order valence-corrected chi connectivity index (χ4v) is 2.80. The Kier molecular flexibility index (Phi) is 6.93. The number of aromatic nitrogens is 1. The average Bonchev–Trinajstić information content (AvgIpc) is 2.72. The SMILES string of the molecule is O=C(COC(=O)c1ncc(Cl)c(Cl)c1Cl)Nc1ccccc1Oc1ccccc1. The average molecular weight is 452 g/mol. The molecule has 1 heterocycles. The Labute approximate surface area is 181 Å². The van der Waals surface area contributed by atoms with Crippen molar-refractivity contribution in [3.05, 3.63) is 81.6 Å². The zero-order chi connectivity index (χ0) is 20.8. The molecule has 1 N–H and O–H groups in total. The molecule has 9 heteroatoms. The van der Waals surface area contributed by atoms with Crippen molar-refractivity contribution < 1.29 is 19.1 Å². The van der Waals surface area contributed by atoms with Crippen LogP contribution in [0, 0.1) is 0 Å². The lowest BCUT2D eigenvalue weighted by Crippen LogP contribution is -2.21. The molecular weight excluding hydrogens is 439 g/mol. The molecule has 0 spiro atoms. The molecular formula is C20H13Cl3N2O4. The maximum absolute atomic E-state index is 12.2. The van der Waals surface area contributed by atoms with Gasteiger partial charge in [0.15, 0.2) is 18.1 Å². The summed E-state index contributed by atoms with van der Waals surface area (Å²) in [5.74, 6) is -0.426. The van der Waals surface area contributed by atoms with Crippen LogP contribution in [0.5, 0.6) is 11.5 Å². The van der Waals surface area contributed by atoms with Crippen molar-refractivity contribution in [1.29, 1.82) is 0 Å². The molecule has 1 amide bonds. The van der Waals surface area contributed by atoms with Gasteiger partial charge in [0.25, 0.3) is 5.91 Å². The van der Waals surface area contributed by atoms with Gasteiger partial charge in [-0.25, -0.2) is 9.78 Å². The minimum atomic E-state index is -0.905. The van der Waals surface area contributed by atoms with E-state index in [-0.39, 0.29) is 20.8 Å². The zero-order valence-corrected chi connectivity index (χ0v) is 17.0.